The monoisotopic (exact) mass is 486 g/mol. The minimum Gasteiger partial charge on any atom is -0.456 e. The van der Waals surface area contributed by atoms with Crippen LogP contribution < -0.4 is 9.64 Å². The van der Waals surface area contributed by atoms with Crippen LogP contribution in [0.4, 0.5) is 5.82 Å². The van der Waals surface area contributed by atoms with E-state index in [9.17, 15) is 9.59 Å². The number of aldehydes is 1. The van der Waals surface area contributed by atoms with Gasteiger partial charge in [-0.05, 0) is 35.7 Å². The quantitative estimate of drug-likeness (QED) is 0.359. The van der Waals surface area contributed by atoms with E-state index in [0.29, 0.717) is 38.0 Å². The predicted octanol–water partition coefficient (Wildman–Crippen LogP) is 4.46. The first-order chi connectivity index (χ1) is 17.2. The molecular formula is C27H26N4O3S. The number of carbonyl (C=O) groups excluding carboxylic acids is 2. The van der Waals surface area contributed by atoms with Crippen molar-refractivity contribution < 1.29 is 14.3 Å². The van der Waals surface area contributed by atoms with Gasteiger partial charge in [0.1, 0.15) is 17.3 Å². The van der Waals surface area contributed by atoms with Crippen molar-refractivity contribution in [2.45, 2.75) is 13.3 Å². The van der Waals surface area contributed by atoms with Crippen LogP contribution in [0.1, 0.15) is 22.2 Å². The Balaban J connectivity index is 1.30. The van der Waals surface area contributed by atoms with Crippen LogP contribution in [0, 0.1) is 0 Å². The van der Waals surface area contributed by atoms with E-state index >= 15 is 0 Å². The minimum absolute atomic E-state index is 0.0379. The van der Waals surface area contributed by atoms with Crippen molar-refractivity contribution in [1.29, 1.82) is 0 Å². The third kappa shape index (κ3) is 4.88. The number of hydrogen-bond acceptors (Lipinski definition) is 7. The second kappa shape index (κ2) is 10.2. The molecule has 0 saturated carbocycles. The lowest BCUT2D eigenvalue weighted by molar-refractivity contribution is -0.109. The Labute approximate surface area is 208 Å². The van der Waals surface area contributed by atoms with E-state index in [1.165, 1.54) is 4.88 Å². The Morgan fingerprint density at radius 2 is 1.71 bits per heavy atom. The van der Waals surface area contributed by atoms with Gasteiger partial charge in [-0.1, -0.05) is 49.4 Å². The highest BCUT2D eigenvalue weighted by molar-refractivity contribution is 7.18. The summed E-state index contributed by atoms with van der Waals surface area (Å²) in [7, 11) is 0. The number of rotatable bonds is 7. The van der Waals surface area contributed by atoms with Crippen LogP contribution in [0.25, 0.3) is 21.3 Å². The zero-order valence-corrected chi connectivity index (χ0v) is 20.3. The van der Waals surface area contributed by atoms with E-state index in [4.69, 9.17) is 4.74 Å². The van der Waals surface area contributed by atoms with E-state index in [0.717, 1.165) is 33.6 Å². The van der Waals surface area contributed by atoms with Crippen molar-refractivity contribution >= 4 is 39.6 Å². The molecule has 178 valence electrons. The molecule has 4 aromatic rings. The molecule has 0 aliphatic carbocycles. The molecule has 0 spiro atoms. The second-order valence-corrected chi connectivity index (χ2v) is 9.43. The van der Waals surface area contributed by atoms with Gasteiger partial charge in [0, 0.05) is 36.6 Å². The number of fused-ring (bicyclic) bond motifs is 1. The van der Waals surface area contributed by atoms with Gasteiger partial charge in [-0.3, -0.25) is 9.59 Å². The molecule has 5 rings (SSSR count). The number of piperazine rings is 1. The van der Waals surface area contributed by atoms with Gasteiger partial charge in [0.15, 0.2) is 6.29 Å². The van der Waals surface area contributed by atoms with Crippen LogP contribution in [0.5, 0.6) is 6.01 Å². The van der Waals surface area contributed by atoms with Gasteiger partial charge in [0.25, 0.3) is 5.91 Å². The number of nitrogens with zero attached hydrogens (tertiary/aromatic N) is 4. The van der Waals surface area contributed by atoms with E-state index in [1.54, 1.807) is 11.3 Å². The number of aryl methyl sites for hydroxylation is 1. The SMILES string of the molecule is CCc1cc2c(N3CCN(C(=O)c4ccc(-c5ccccc5)cc4)CC3)nc(OCC=O)nc2s1. The maximum Gasteiger partial charge on any atom is 0.320 e. The largest absolute Gasteiger partial charge is 0.456 e. The molecule has 0 N–H and O–H groups in total. The van der Waals surface area contributed by atoms with Crippen LogP contribution in [-0.4, -0.2) is 59.8 Å². The summed E-state index contributed by atoms with van der Waals surface area (Å²) in [4.78, 5) is 39.1. The summed E-state index contributed by atoms with van der Waals surface area (Å²) in [5.74, 6) is 0.835. The summed E-state index contributed by atoms with van der Waals surface area (Å²) in [6.07, 6.45) is 1.60. The fraction of sp³-hybridized carbons (Fsp3) is 0.259. The topological polar surface area (TPSA) is 75.6 Å². The second-order valence-electron chi connectivity index (χ2n) is 8.32. The van der Waals surface area contributed by atoms with Crippen molar-refractivity contribution in [3.05, 3.63) is 71.1 Å². The van der Waals surface area contributed by atoms with Gasteiger partial charge < -0.3 is 14.5 Å². The average molecular weight is 487 g/mol. The molecule has 3 heterocycles. The van der Waals surface area contributed by atoms with Crippen molar-refractivity contribution in [2.75, 3.05) is 37.7 Å². The van der Waals surface area contributed by atoms with Crippen molar-refractivity contribution in [2.24, 2.45) is 0 Å². The number of carbonyl (C=O) groups is 2. The fourth-order valence-corrected chi connectivity index (χ4v) is 5.22. The van der Waals surface area contributed by atoms with Crippen LogP contribution in [0.15, 0.2) is 60.7 Å². The molecule has 0 unspecified atom stereocenters. The van der Waals surface area contributed by atoms with Gasteiger partial charge in [-0.25, -0.2) is 0 Å². The van der Waals surface area contributed by atoms with Crippen LogP contribution in [0.3, 0.4) is 0 Å². The van der Waals surface area contributed by atoms with E-state index in [-0.39, 0.29) is 18.5 Å². The molecule has 2 aromatic carbocycles. The third-order valence-corrected chi connectivity index (χ3v) is 7.31. The maximum absolute atomic E-state index is 13.1. The predicted molar refractivity (Wildman–Crippen MR) is 138 cm³/mol. The zero-order valence-electron chi connectivity index (χ0n) is 19.5. The number of thiophene rings is 1. The summed E-state index contributed by atoms with van der Waals surface area (Å²) in [6.45, 7) is 4.54. The molecule has 1 saturated heterocycles. The zero-order chi connectivity index (χ0) is 24.2. The smallest absolute Gasteiger partial charge is 0.320 e. The molecule has 1 amide bonds. The number of ether oxygens (including phenoxy) is 1. The van der Waals surface area contributed by atoms with E-state index < -0.39 is 0 Å². The van der Waals surface area contributed by atoms with E-state index in [1.807, 2.05) is 47.4 Å². The van der Waals surface area contributed by atoms with Crippen molar-refractivity contribution in [3.8, 4) is 17.1 Å². The Morgan fingerprint density at radius 3 is 2.40 bits per heavy atom. The Hall–Kier alpha value is -3.78. The minimum atomic E-state index is -0.0811. The van der Waals surface area contributed by atoms with Crippen molar-refractivity contribution in [1.82, 2.24) is 14.9 Å². The van der Waals surface area contributed by atoms with Crippen LogP contribution >= 0.6 is 11.3 Å². The Kier molecular flexibility index (Phi) is 6.72. The van der Waals surface area contributed by atoms with Gasteiger partial charge in [0.2, 0.25) is 0 Å². The van der Waals surface area contributed by atoms with E-state index in [2.05, 4.69) is 40.0 Å². The molecule has 2 aromatic heterocycles. The highest BCUT2D eigenvalue weighted by Gasteiger charge is 2.25. The highest BCUT2D eigenvalue weighted by Crippen LogP contribution is 2.33. The van der Waals surface area contributed by atoms with Gasteiger partial charge >= 0.3 is 6.01 Å². The molecule has 0 bridgehead atoms. The van der Waals surface area contributed by atoms with Crippen molar-refractivity contribution in [3.63, 3.8) is 0 Å². The molecule has 8 heteroatoms. The standard InChI is InChI=1S/C27H26N4O3S/c1-2-22-18-23-24(28-27(34-17-16-32)29-25(23)35-22)30-12-14-31(15-13-30)26(33)21-10-8-20(9-11-21)19-6-4-3-5-7-19/h3-11,16,18H,2,12-15,17H2,1H3. The summed E-state index contributed by atoms with van der Waals surface area (Å²) in [5, 5.41) is 0.988. The summed E-state index contributed by atoms with van der Waals surface area (Å²) >= 11 is 1.61. The lowest BCUT2D eigenvalue weighted by atomic mass is 10.0. The molecule has 35 heavy (non-hydrogen) atoms. The average Bonchev–Trinajstić information content (AvgIpc) is 3.35. The Bertz CT molecular complexity index is 1330. The fourth-order valence-electron chi connectivity index (χ4n) is 4.27. The normalized spacial score (nSPS) is 13.7. The third-order valence-electron chi connectivity index (χ3n) is 6.14. The number of anilines is 1. The van der Waals surface area contributed by atoms with Gasteiger partial charge in [-0.15, -0.1) is 11.3 Å². The van der Waals surface area contributed by atoms with Gasteiger partial charge in [0.05, 0.1) is 5.39 Å². The van der Waals surface area contributed by atoms with Crippen LogP contribution in [0.2, 0.25) is 0 Å². The molecule has 1 fully saturated rings. The summed E-state index contributed by atoms with van der Waals surface area (Å²) < 4.78 is 5.42. The number of amides is 1. The first kappa shape index (κ1) is 23.0. The molecule has 1 aliphatic heterocycles. The molecular weight excluding hydrogens is 460 g/mol. The molecule has 0 atom stereocenters. The maximum atomic E-state index is 13.1. The lowest BCUT2D eigenvalue weighted by Crippen LogP contribution is -2.49. The summed E-state index contributed by atoms with van der Waals surface area (Å²) in [5.41, 5.74) is 2.92. The molecule has 1 aliphatic rings. The molecule has 7 nitrogen and oxygen atoms in total. The number of hydrogen-bond donors (Lipinski definition) is 0. The first-order valence-corrected chi connectivity index (χ1v) is 12.5. The van der Waals surface area contributed by atoms with Gasteiger partial charge in [-0.2, -0.15) is 9.97 Å². The highest BCUT2D eigenvalue weighted by atomic mass is 32.1. The summed E-state index contributed by atoms with van der Waals surface area (Å²) in [6, 6.07) is 20.3. The number of aromatic nitrogens is 2. The Morgan fingerprint density at radius 1 is 1.00 bits per heavy atom. The number of benzene rings is 2. The molecule has 0 radical (unpaired) electrons. The van der Waals surface area contributed by atoms with Crippen LogP contribution in [-0.2, 0) is 11.2 Å². The lowest BCUT2D eigenvalue weighted by Gasteiger charge is -2.35. The first-order valence-electron chi connectivity index (χ1n) is 11.7.